The molecule has 0 saturated carbocycles. The Labute approximate surface area is 167 Å². The number of nitrogens with one attached hydrogen (secondary N) is 2. The van der Waals surface area contributed by atoms with Crippen LogP contribution in [0.15, 0.2) is 67.0 Å². The van der Waals surface area contributed by atoms with E-state index in [0.29, 0.717) is 23.4 Å². The van der Waals surface area contributed by atoms with Gasteiger partial charge in [0.1, 0.15) is 11.6 Å². The van der Waals surface area contributed by atoms with Gasteiger partial charge in [0, 0.05) is 18.9 Å². The molecule has 3 aromatic rings. The molecule has 2 amide bonds. The van der Waals surface area contributed by atoms with Gasteiger partial charge in [0.2, 0.25) is 0 Å². The van der Waals surface area contributed by atoms with Gasteiger partial charge in [0.25, 0.3) is 11.8 Å². The Balaban J connectivity index is 1.63. The van der Waals surface area contributed by atoms with Crippen LogP contribution in [0.25, 0.3) is 0 Å². The number of carbonyl (C=O) groups is 2. The molecule has 0 atom stereocenters. The molecule has 2 N–H and O–H groups in total. The molecule has 0 aliphatic heterocycles. The first kappa shape index (κ1) is 20.0. The van der Waals surface area contributed by atoms with Crippen LogP contribution in [-0.2, 0) is 6.42 Å². The molecule has 148 valence electrons. The Kier molecular flexibility index (Phi) is 6.52. The van der Waals surface area contributed by atoms with E-state index in [2.05, 4.69) is 15.6 Å². The van der Waals surface area contributed by atoms with Crippen LogP contribution < -0.4 is 15.4 Å². The largest absolute Gasteiger partial charge is 0.495 e. The van der Waals surface area contributed by atoms with E-state index in [1.165, 1.54) is 31.6 Å². The minimum Gasteiger partial charge on any atom is -0.495 e. The molecule has 0 bridgehead atoms. The summed E-state index contributed by atoms with van der Waals surface area (Å²) < 4.78 is 18.8. The molecule has 2 aromatic carbocycles. The lowest BCUT2D eigenvalue weighted by Gasteiger charge is -2.10. The van der Waals surface area contributed by atoms with Crippen molar-refractivity contribution < 1.29 is 18.7 Å². The Morgan fingerprint density at radius 3 is 2.45 bits per heavy atom. The van der Waals surface area contributed by atoms with Crippen LogP contribution in [0.1, 0.15) is 26.3 Å². The molecular weight excluding hydrogens is 373 g/mol. The standard InChI is InChI=1S/C22H20FN3O3/c1-29-20-9-5-4-8-19(20)26-22(28)17-12-16(13-24-14-17)21(27)25-11-10-15-6-2-3-7-18(15)23/h2-9,12-14H,10-11H2,1H3,(H,25,27)(H,26,28). The summed E-state index contributed by atoms with van der Waals surface area (Å²) in [5.74, 6) is -0.585. The van der Waals surface area contributed by atoms with E-state index < -0.39 is 5.91 Å². The number of anilines is 1. The molecule has 0 spiro atoms. The molecule has 1 heterocycles. The van der Waals surface area contributed by atoms with Crippen molar-refractivity contribution in [3.63, 3.8) is 0 Å². The lowest BCUT2D eigenvalue weighted by molar-refractivity contribution is 0.0953. The lowest BCUT2D eigenvalue weighted by Crippen LogP contribution is -2.26. The van der Waals surface area contributed by atoms with Crippen molar-refractivity contribution in [1.29, 1.82) is 0 Å². The fourth-order valence-electron chi connectivity index (χ4n) is 2.74. The molecule has 7 heteroatoms. The van der Waals surface area contributed by atoms with Crippen LogP contribution in [0.3, 0.4) is 0 Å². The predicted molar refractivity (Wildman–Crippen MR) is 108 cm³/mol. The van der Waals surface area contributed by atoms with Crippen molar-refractivity contribution in [3.8, 4) is 5.75 Å². The zero-order valence-electron chi connectivity index (χ0n) is 15.8. The van der Waals surface area contributed by atoms with Crippen LogP contribution >= 0.6 is 0 Å². The smallest absolute Gasteiger partial charge is 0.257 e. The third kappa shape index (κ3) is 5.16. The fraction of sp³-hybridized carbons (Fsp3) is 0.136. The summed E-state index contributed by atoms with van der Waals surface area (Å²) >= 11 is 0. The Morgan fingerprint density at radius 2 is 1.69 bits per heavy atom. The van der Waals surface area contributed by atoms with Crippen molar-refractivity contribution >= 4 is 17.5 Å². The van der Waals surface area contributed by atoms with E-state index in [1.54, 1.807) is 42.5 Å². The van der Waals surface area contributed by atoms with Gasteiger partial charge in [-0.2, -0.15) is 0 Å². The summed E-state index contributed by atoms with van der Waals surface area (Å²) in [6.07, 6.45) is 3.11. The molecular formula is C22H20FN3O3. The second kappa shape index (κ2) is 9.45. The van der Waals surface area contributed by atoms with E-state index in [1.807, 2.05) is 0 Å². The van der Waals surface area contributed by atoms with Gasteiger partial charge in [-0.25, -0.2) is 4.39 Å². The first-order valence-corrected chi connectivity index (χ1v) is 8.99. The number of hydrogen-bond acceptors (Lipinski definition) is 4. The molecule has 0 aliphatic rings. The minimum atomic E-state index is -0.414. The minimum absolute atomic E-state index is 0.234. The number of nitrogens with zero attached hydrogens (tertiary/aromatic N) is 1. The van der Waals surface area contributed by atoms with Gasteiger partial charge in [0.05, 0.1) is 23.9 Å². The highest BCUT2D eigenvalue weighted by atomic mass is 19.1. The third-order valence-corrected chi connectivity index (χ3v) is 4.26. The number of aromatic nitrogens is 1. The number of halogens is 1. The van der Waals surface area contributed by atoms with Gasteiger partial charge in [-0.3, -0.25) is 14.6 Å². The van der Waals surface area contributed by atoms with Crippen LogP contribution in [0, 0.1) is 5.82 Å². The second-order valence-corrected chi connectivity index (χ2v) is 6.21. The average molecular weight is 393 g/mol. The summed E-state index contributed by atoms with van der Waals surface area (Å²) in [6, 6.07) is 14.9. The quantitative estimate of drug-likeness (QED) is 0.644. The number of rotatable bonds is 7. The number of amides is 2. The molecule has 3 rings (SSSR count). The van der Waals surface area contributed by atoms with Gasteiger partial charge in [-0.15, -0.1) is 0 Å². The maximum atomic E-state index is 13.6. The maximum absolute atomic E-state index is 13.6. The normalized spacial score (nSPS) is 10.3. The van der Waals surface area contributed by atoms with Crippen molar-refractivity contribution in [1.82, 2.24) is 10.3 Å². The SMILES string of the molecule is COc1ccccc1NC(=O)c1cncc(C(=O)NCCc2ccccc2F)c1. The predicted octanol–water partition coefficient (Wildman–Crippen LogP) is 3.45. The van der Waals surface area contributed by atoms with E-state index in [-0.39, 0.29) is 29.4 Å². The van der Waals surface area contributed by atoms with Crippen molar-refractivity contribution in [2.75, 3.05) is 19.0 Å². The Morgan fingerprint density at radius 1 is 1.00 bits per heavy atom. The van der Waals surface area contributed by atoms with Crippen molar-refractivity contribution in [2.45, 2.75) is 6.42 Å². The molecule has 6 nitrogen and oxygen atoms in total. The molecule has 0 unspecified atom stereocenters. The highest BCUT2D eigenvalue weighted by Crippen LogP contribution is 2.23. The Hall–Kier alpha value is -3.74. The average Bonchev–Trinajstić information content (AvgIpc) is 2.75. The van der Waals surface area contributed by atoms with E-state index >= 15 is 0 Å². The van der Waals surface area contributed by atoms with Crippen molar-refractivity contribution in [2.24, 2.45) is 0 Å². The number of benzene rings is 2. The van der Waals surface area contributed by atoms with Gasteiger partial charge in [0.15, 0.2) is 0 Å². The number of carbonyl (C=O) groups excluding carboxylic acids is 2. The number of pyridine rings is 1. The monoisotopic (exact) mass is 393 g/mol. The van der Waals surface area contributed by atoms with Crippen LogP contribution in [0.2, 0.25) is 0 Å². The maximum Gasteiger partial charge on any atom is 0.257 e. The molecule has 0 radical (unpaired) electrons. The van der Waals surface area contributed by atoms with Gasteiger partial charge < -0.3 is 15.4 Å². The number of hydrogen-bond donors (Lipinski definition) is 2. The molecule has 0 fully saturated rings. The second-order valence-electron chi connectivity index (χ2n) is 6.21. The van der Waals surface area contributed by atoms with Gasteiger partial charge >= 0.3 is 0 Å². The number of methoxy groups -OCH3 is 1. The first-order chi connectivity index (χ1) is 14.1. The summed E-state index contributed by atoms with van der Waals surface area (Å²) in [5, 5.41) is 5.45. The van der Waals surface area contributed by atoms with Gasteiger partial charge in [-0.05, 0) is 36.2 Å². The topological polar surface area (TPSA) is 80.3 Å². The summed E-state index contributed by atoms with van der Waals surface area (Å²) in [6.45, 7) is 0.261. The Bertz CT molecular complexity index is 1020. The summed E-state index contributed by atoms with van der Waals surface area (Å²) in [5.41, 5.74) is 1.51. The first-order valence-electron chi connectivity index (χ1n) is 8.99. The molecule has 0 saturated heterocycles. The van der Waals surface area contributed by atoms with E-state index in [4.69, 9.17) is 4.74 Å². The summed E-state index contributed by atoms with van der Waals surface area (Å²) in [4.78, 5) is 28.8. The highest BCUT2D eigenvalue weighted by molar-refractivity contribution is 6.06. The molecule has 1 aromatic heterocycles. The fourth-order valence-corrected chi connectivity index (χ4v) is 2.74. The lowest BCUT2D eigenvalue weighted by atomic mass is 10.1. The highest BCUT2D eigenvalue weighted by Gasteiger charge is 2.13. The summed E-state index contributed by atoms with van der Waals surface area (Å²) in [7, 11) is 1.51. The zero-order chi connectivity index (χ0) is 20.6. The molecule has 0 aliphatic carbocycles. The zero-order valence-corrected chi connectivity index (χ0v) is 15.8. The van der Waals surface area contributed by atoms with E-state index in [9.17, 15) is 14.0 Å². The molecule has 29 heavy (non-hydrogen) atoms. The van der Waals surface area contributed by atoms with Crippen LogP contribution in [-0.4, -0.2) is 30.5 Å². The third-order valence-electron chi connectivity index (χ3n) is 4.26. The van der Waals surface area contributed by atoms with Crippen molar-refractivity contribution in [3.05, 3.63) is 89.5 Å². The van der Waals surface area contributed by atoms with Gasteiger partial charge in [-0.1, -0.05) is 30.3 Å². The van der Waals surface area contributed by atoms with Crippen LogP contribution in [0.4, 0.5) is 10.1 Å². The van der Waals surface area contributed by atoms with Crippen LogP contribution in [0.5, 0.6) is 5.75 Å². The number of ether oxygens (including phenoxy) is 1. The number of para-hydroxylation sites is 2. The van der Waals surface area contributed by atoms with E-state index in [0.717, 1.165) is 0 Å².